The summed E-state index contributed by atoms with van der Waals surface area (Å²) in [5.74, 6) is 0.992. The first-order valence-corrected chi connectivity index (χ1v) is 6.92. The molecular weight excluding hydrogens is 236 g/mol. The molecule has 1 heterocycles. The van der Waals surface area contributed by atoms with E-state index in [0.717, 1.165) is 32.1 Å². The Bertz CT molecular complexity index is 415. The van der Waals surface area contributed by atoms with Gasteiger partial charge in [-0.2, -0.15) is 0 Å². The fourth-order valence-electron chi connectivity index (χ4n) is 2.72. The zero-order valence-electron chi connectivity index (χ0n) is 12.1. The van der Waals surface area contributed by atoms with Crippen molar-refractivity contribution in [1.29, 1.82) is 0 Å². The zero-order chi connectivity index (χ0) is 13.7. The van der Waals surface area contributed by atoms with E-state index in [1.165, 1.54) is 5.56 Å². The molecule has 1 fully saturated rings. The van der Waals surface area contributed by atoms with Gasteiger partial charge in [-0.05, 0) is 12.5 Å². The molecular formula is C15H24N4. The van der Waals surface area contributed by atoms with Crippen LogP contribution in [0.2, 0.25) is 0 Å². The van der Waals surface area contributed by atoms with E-state index in [-0.39, 0.29) is 0 Å². The van der Waals surface area contributed by atoms with Crippen molar-refractivity contribution < 1.29 is 0 Å². The lowest BCUT2D eigenvalue weighted by molar-refractivity contribution is 0.127. The smallest absolute Gasteiger partial charge is 0.193 e. The maximum absolute atomic E-state index is 4.30. The lowest BCUT2D eigenvalue weighted by Crippen LogP contribution is -2.56. The van der Waals surface area contributed by atoms with Crippen LogP contribution in [0.5, 0.6) is 0 Å². The molecule has 1 saturated heterocycles. The van der Waals surface area contributed by atoms with E-state index in [1.807, 2.05) is 14.1 Å². The Labute approximate surface area is 116 Å². The highest BCUT2D eigenvalue weighted by Crippen LogP contribution is 2.13. The van der Waals surface area contributed by atoms with Gasteiger partial charge in [0, 0.05) is 46.3 Å². The number of piperazine rings is 1. The van der Waals surface area contributed by atoms with E-state index < -0.39 is 0 Å². The molecule has 0 radical (unpaired) electrons. The highest BCUT2D eigenvalue weighted by molar-refractivity contribution is 5.80. The van der Waals surface area contributed by atoms with Gasteiger partial charge in [-0.3, -0.25) is 9.89 Å². The van der Waals surface area contributed by atoms with Crippen LogP contribution >= 0.6 is 0 Å². The van der Waals surface area contributed by atoms with Gasteiger partial charge in [0.2, 0.25) is 0 Å². The number of hydrogen-bond acceptors (Lipinski definition) is 2. The van der Waals surface area contributed by atoms with E-state index in [0.29, 0.717) is 6.04 Å². The van der Waals surface area contributed by atoms with Gasteiger partial charge in [0.05, 0.1) is 0 Å². The Morgan fingerprint density at radius 1 is 1.32 bits per heavy atom. The van der Waals surface area contributed by atoms with Crippen LogP contribution in [-0.4, -0.2) is 55.5 Å². The van der Waals surface area contributed by atoms with Gasteiger partial charge in [0.15, 0.2) is 5.96 Å². The fourth-order valence-corrected chi connectivity index (χ4v) is 2.72. The van der Waals surface area contributed by atoms with Crippen LogP contribution in [0.25, 0.3) is 0 Å². The van der Waals surface area contributed by atoms with Gasteiger partial charge < -0.3 is 10.2 Å². The second-order valence-corrected chi connectivity index (χ2v) is 5.06. The predicted molar refractivity (Wildman–Crippen MR) is 80.3 cm³/mol. The maximum Gasteiger partial charge on any atom is 0.193 e. The van der Waals surface area contributed by atoms with Crippen LogP contribution in [0.1, 0.15) is 12.5 Å². The highest BCUT2D eigenvalue weighted by atomic mass is 15.4. The molecule has 1 atom stereocenters. The quantitative estimate of drug-likeness (QED) is 0.644. The van der Waals surface area contributed by atoms with E-state index in [1.54, 1.807) is 0 Å². The molecule has 104 valence electrons. The lowest BCUT2D eigenvalue weighted by Gasteiger charge is -2.41. The van der Waals surface area contributed by atoms with Crippen molar-refractivity contribution >= 4 is 5.96 Å². The monoisotopic (exact) mass is 260 g/mol. The number of guanidine groups is 1. The minimum absolute atomic E-state index is 0.489. The summed E-state index contributed by atoms with van der Waals surface area (Å²) in [6.45, 7) is 6.49. The molecule has 1 aliphatic heterocycles. The first-order valence-electron chi connectivity index (χ1n) is 6.92. The van der Waals surface area contributed by atoms with Crippen LogP contribution in [0.15, 0.2) is 35.3 Å². The molecule has 1 unspecified atom stereocenters. The molecule has 4 heteroatoms. The number of rotatable bonds is 2. The maximum atomic E-state index is 4.30. The number of nitrogens with one attached hydrogen (secondary N) is 1. The highest BCUT2D eigenvalue weighted by Gasteiger charge is 2.25. The third-order valence-electron chi connectivity index (χ3n) is 3.67. The van der Waals surface area contributed by atoms with Crippen molar-refractivity contribution in [3.8, 4) is 0 Å². The molecule has 1 aromatic rings. The first kappa shape index (κ1) is 13.9. The van der Waals surface area contributed by atoms with Gasteiger partial charge in [0.1, 0.15) is 0 Å². The van der Waals surface area contributed by atoms with Crippen molar-refractivity contribution in [3.05, 3.63) is 35.9 Å². The van der Waals surface area contributed by atoms with Gasteiger partial charge in [-0.25, -0.2) is 0 Å². The Morgan fingerprint density at radius 2 is 2.05 bits per heavy atom. The Hall–Kier alpha value is -1.55. The molecule has 0 bridgehead atoms. The Morgan fingerprint density at radius 3 is 2.63 bits per heavy atom. The molecule has 1 aromatic carbocycles. The van der Waals surface area contributed by atoms with Crippen molar-refractivity contribution in [1.82, 2.24) is 15.1 Å². The number of hydrogen-bond donors (Lipinski definition) is 1. The topological polar surface area (TPSA) is 30.9 Å². The zero-order valence-corrected chi connectivity index (χ0v) is 12.1. The van der Waals surface area contributed by atoms with Gasteiger partial charge in [0.25, 0.3) is 0 Å². The largest absolute Gasteiger partial charge is 0.359 e. The second kappa shape index (κ2) is 6.57. The van der Waals surface area contributed by atoms with E-state index in [2.05, 4.69) is 57.4 Å². The summed E-state index contributed by atoms with van der Waals surface area (Å²) in [6.07, 6.45) is 0. The Kier molecular flexibility index (Phi) is 4.80. The van der Waals surface area contributed by atoms with Crippen LogP contribution < -0.4 is 5.32 Å². The molecule has 0 spiro atoms. The van der Waals surface area contributed by atoms with Crippen LogP contribution in [0.3, 0.4) is 0 Å². The minimum Gasteiger partial charge on any atom is -0.359 e. The molecule has 0 saturated carbocycles. The van der Waals surface area contributed by atoms with Crippen LogP contribution in [0.4, 0.5) is 0 Å². The number of aliphatic imine (C=N–C) groups is 1. The molecule has 1 aliphatic rings. The third kappa shape index (κ3) is 3.47. The van der Waals surface area contributed by atoms with E-state index in [4.69, 9.17) is 0 Å². The van der Waals surface area contributed by atoms with Crippen molar-refractivity contribution in [3.63, 3.8) is 0 Å². The third-order valence-corrected chi connectivity index (χ3v) is 3.67. The van der Waals surface area contributed by atoms with Crippen molar-refractivity contribution in [2.45, 2.75) is 19.5 Å². The summed E-state index contributed by atoms with van der Waals surface area (Å²) in [5.41, 5.74) is 1.39. The SMILES string of the molecule is CN=C(NC)N1CCN(Cc2ccccc2)CC1C. The summed E-state index contributed by atoms with van der Waals surface area (Å²) in [7, 11) is 3.78. The van der Waals surface area contributed by atoms with Crippen molar-refractivity contribution in [2.75, 3.05) is 33.7 Å². The average molecular weight is 260 g/mol. The molecule has 4 nitrogen and oxygen atoms in total. The van der Waals surface area contributed by atoms with Crippen LogP contribution in [0, 0.1) is 0 Å². The molecule has 0 aliphatic carbocycles. The van der Waals surface area contributed by atoms with Gasteiger partial charge in [-0.15, -0.1) is 0 Å². The standard InChI is InChI=1S/C15H24N4/c1-13-11-18(12-14-7-5-4-6-8-14)9-10-19(13)15(16-2)17-3/h4-8,13H,9-12H2,1-3H3,(H,16,17). The second-order valence-electron chi connectivity index (χ2n) is 5.06. The van der Waals surface area contributed by atoms with E-state index >= 15 is 0 Å². The molecule has 19 heavy (non-hydrogen) atoms. The Balaban J connectivity index is 1.93. The predicted octanol–water partition coefficient (Wildman–Crippen LogP) is 1.40. The summed E-state index contributed by atoms with van der Waals surface area (Å²) < 4.78 is 0. The van der Waals surface area contributed by atoms with E-state index in [9.17, 15) is 0 Å². The fraction of sp³-hybridized carbons (Fsp3) is 0.533. The summed E-state index contributed by atoms with van der Waals surface area (Å²) in [6, 6.07) is 11.2. The van der Waals surface area contributed by atoms with Crippen LogP contribution in [-0.2, 0) is 6.54 Å². The molecule has 1 N–H and O–H groups in total. The first-order chi connectivity index (χ1) is 9.24. The summed E-state index contributed by atoms with van der Waals surface area (Å²) in [5, 5.41) is 3.17. The molecule has 2 rings (SSSR count). The number of nitrogens with zero attached hydrogens (tertiary/aromatic N) is 3. The number of benzene rings is 1. The summed E-state index contributed by atoms with van der Waals surface area (Å²) in [4.78, 5) is 9.16. The van der Waals surface area contributed by atoms with Gasteiger partial charge in [-0.1, -0.05) is 30.3 Å². The van der Waals surface area contributed by atoms with Crippen molar-refractivity contribution in [2.24, 2.45) is 4.99 Å². The lowest BCUT2D eigenvalue weighted by atomic mass is 10.1. The average Bonchev–Trinajstić information content (AvgIpc) is 2.43. The summed E-state index contributed by atoms with van der Waals surface area (Å²) >= 11 is 0. The van der Waals surface area contributed by atoms with Gasteiger partial charge >= 0.3 is 0 Å². The molecule has 0 aromatic heterocycles. The molecule has 0 amide bonds. The normalized spacial score (nSPS) is 21.5. The minimum atomic E-state index is 0.489.